The summed E-state index contributed by atoms with van der Waals surface area (Å²) in [5.74, 6) is 0.784. The van der Waals surface area contributed by atoms with Crippen LogP contribution < -0.4 is 5.73 Å². The molecule has 1 aromatic carbocycles. The summed E-state index contributed by atoms with van der Waals surface area (Å²) in [6, 6.07) is 6.46. The molecule has 0 saturated heterocycles. The molecule has 2 aromatic rings. The van der Waals surface area contributed by atoms with Crippen molar-refractivity contribution in [2.24, 2.45) is 7.05 Å². The van der Waals surface area contributed by atoms with Crippen LogP contribution in [0.1, 0.15) is 30.0 Å². The maximum absolute atomic E-state index is 6.11. The number of nitrogen functional groups attached to an aromatic ring is 1. The molecule has 1 heterocycles. The van der Waals surface area contributed by atoms with E-state index in [1.807, 2.05) is 7.05 Å². The number of aromatic nitrogens is 2. The van der Waals surface area contributed by atoms with Crippen LogP contribution in [0.3, 0.4) is 0 Å². The SMILES string of the molecule is CCCc1c(-c2ccc(C)cc2C)nn(C)c1N. The van der Waals surface area contributed by atoms with Gasteiger partial charge in [0.1, 0.15) is 5.82 Å². The average Bonchev–Trinajstić information content (AvgIpc) is 2.58. The van der Waals surface area contributed by atoms with Gasteiger partial charge in [-0.25, -0.2) is 0 Å². The van der Waals surface area contributed by atoms with Crippen molar-refractivity contribution >= 4 is 5.82 Å². The summed E-state index contributed by atoms with van der Waals surface area (Å²) in [7, 11) is 1.90. The van der Waals surface area contributed by atoms with E-state index in [0.717, 1.165) is 24.4 Å². The molecule has 3 heteroatoms. The predicted octanol–water partition coefficient (Wildman–Crippen LogP) is 3.24. The number of anilines is 1. The van der Waals surface area contributed by atoms with E-state index in [9.17, 15) is 0 Å². The van der Waals surface area contributed by atoms with Crippen molar-refractivity contribution in [3.63, 3.8) is 0 Å². The normalized spacial score (nSPS) is 10.9. The van der Waals surface area contributed by atoms with Gasteiger partial charge in [0.15, 0.2) is 0 Å². The molecule has 0 unspecified atom stereocenters. The maximum atomic E-state index is 6.11. The first-order chi connectivity index (χ1) is 8.54. The number of nitrogens with two attached hydrogens (primary N) is 1. The molecule has 3 nitrogen and oxygen atoms in total. The Kier molecular flexibility index (Phi) is 3.41. The molecular formula is C15H21N3. The molecule has 1 aromatic heterocycles. The van der Waals surface area contributed by atoms with E-state index in [1.54, 1.807) is 4.68 Å². The van der Waals surface area contributed by atoms with Gasteiger partial charge in [0, 0.05) is 18.2 Å². The van der Waals surface area contributed by atoms with Gasteiger partial charge < -0.3 is 5.73 Å². The first kappa shape index (κ1) is 12.7. The minimum atomic E-state index is 0.784. The van der Waals surface area contributed by atoms with E-state index in [4.69, 9.17) is 5.73 Å². The van der Waals surface area contributed by atoms with Crippen LogP contribution in [-0.4, -0.2) is 9.78 Å². The van der Waals surface area contributed by atoms with Crippen LogP contribution in [0.4, 0.5) is 5.82 Å². The van der Waals surface area contributed by atoms with Crippen molar-refractivity contribution in [1.29, 1.82) is 0 Å². The number of hydrogen-bond donors (Lipinski definition) is 1. The van der Waals surface area contributed by atoms with Gasteiger partial charge in [-0.1, -0.05) is 37.1 Å². The maximum Gasteiger partial charge on any atom is 0.125 e. The predicted molar refractivity (Wildman–Crippen MR) is 76.5 cm³/mol. The van der Waals surface area contributed by atoms with Crippen molar-refractivity contribution in [3.05, 3.63) is 34.9 Å². The number of benzene rings is 1. The van der Waals surface area contributed by atoms with Crippen molar-refractivity contribution in [1.82, 2.24) is 9.78 Å². The summed E-state index contributed by atoms with van der Waals surface area (Å²) < 4.78 is 1.78. The molecule has 18 heavy (non-hydrogen) atoms. The van der Waals surface area contributed by atoms with Gasteiger partial charge in [-0.05, 0) is 25.8 Å². The third-order valence-electron chi connectivity index (χ3n) is 3.33. The smallest absolute Gasteiger partial charge is 0.125 e. The molecule has 0 spiro atoms. The number of rotatable bonds is 3. The summed E-state index contributed by atoms with van der Waals surface area (Å²) in [5.41, 5.74) is 12.0. The summed E-state index contributed by atoms with van der Waals surface area (Å²) in [5, 5.41) is 4.58. The third-order valence-corrected chi connectivity index (χ3v) is 3.33. The lowest BCUT2D eigenvalue weighted by molar-refractivity contribution is 0.781. The van der Waals surface area contributed by atoms with E-state index in [-0.39, 0.29) is 0 Å². The Morgan fingerprint density at radius 3 is 2.61 bits per heavy atom. The molecule has 96 valence electrons. The van der Waals surface area contributed by atoms with Gasteiger partial charge in [-0.15, -0.1) is 0 Å². The molecular weight excluding hydrogens is 222 g/mol. The zero-order valence-electron chi connectivity index (χ0n) is 11.6. The van der Waals surface area contributed by atoms with E-state index < -0.39 is 0 Å². The third kappa shape index (κ3) is 2.13. The number of nitrogens with zero attached hydrogens (tertiary/aromatic N) is 2. The average molecular weight is 243 g/mol. The van der Waals surface area contributed by atoms with E-state index in [2.05, 4.69) is 44.1 Å². The van der Waals surface area contributed by atoms with Gasteiger partial charge in [-0.2, -0.15) is 5.10 Å². The van der Waals surface area contributed by atoms with Crippen LogP contribution in [0.2, 0.25) is 0 Å². The standard InChI is InChI=1S/C15H21N3/c1-5-6-13-14(17-18(4)15(13)16)12-8-7-10(2)9-11(12)3/h7-9H,5-6,16H2,1-4H3. The Balaban J connectivity index is 2.59. The van der Waals surface area contributed by atoms with Crippen LogP contribution in [0, 0.1) is 13.8 Å². The second-order valence-corrected chi connectivity index (χ2v) is 4.90. The second-order valence-electron chi connectivity index (χ2n) is 4.90. The first-order valence-electron chi connectivity index (χ1n) is 6.43. The van der Waals surface area contributed by atoms with Crippen molar-refractivity contribution in [2.45, 2.75) is 33.6 Å². The summed E-state index contributed by atoms with van der Waals surface area (Å²) in [6.45, 7) is 6.40. The minimum absolute atomic E-state index is 0.784. The minimum Gasteiger partial charge on any atom is -0.384 e. The summed E-state index contributed by atoms with van der Waals surface area (Å²) in [6.07, 6.45) is 2.05. The first-order valence-corrected chi connectivity index (χ1v) is 6.43. The van der Waals surface area contributed by atoms with E-state index in [1.165, 1.54) is 22.3 Å². The molecule has 0 aliphatic carbocycles. The molecule has 2 N–H and O–H groups in total. The zero-order valence-corrected chi connectivity index (χ0v) is 11.6. The molecule has 0 aliphatic heterocycles. The molecule has 0 fully saturated rings. The van der Waals surface area contributed by atoms with Gasteiger partial charge in [-0.3, -0.25) is 4.68 Å². The molecule has 0 amide bonds. The van der Waals surface area contributed by atoms with Gasteiger partial charge in [0.2, 0.25) is 0 Å². The highest BCUT2D eigenvalue weighted by Crippen LogP contribution is 2.30. The lowest BCUT2D eigenvalue weighted by Crippen LogP contribution is -1.99. The van der Waals surface area contributed by atoms with Crippen molar-refractivity contribution in [2.75, 3.05) is 5.73 Å². The Bertz CT molecular complexity index is 567. The quantitative estimate of drug-likeness (QED) is 0.899. The Morgan fingerprint density at radius 2 is 2.00 bits per heavy atom. The van der Waals surface area contributed by atoms with Gasteiger partial charge in [0.05, 0.1) is 5.69 Å². The van der Waals surface area contributed by atoms with Crippen LogP contribution in [-0.2, 0) is 13.5 Å². The monoisotopic (exact) mass is 243 g/mol. The molecule has 0 saturated carbocycles. The largest absolute Gasteiger partial charge is 0.384 e. The highest BCUT2D eigenvalue weighted by molar-refractivity contribution is 5.71. The summed E-state index contributed by atoms with van der Waals surface area (Å²) >= 11 is 0. The van der Waals surface area contributed by atoms with Gasteiger partial charge >= 0.3 is 0 Å². The molecule has 0 bridgehead atoms. The Hall–Kier alpha value is -1.77. The van der Waals surface area contributed by atoms with E-state index >= 15 is 0 Å². The second kappa shape index (κ2) is 4.84. The lowest BCUT2D eigenvalue weighted by atomic mass is 9.98. The Morgan fingerprint density at radius 1 is 1.28 bits per heavy atom. The fourth-order valence-electron chi connectivity index (χ4n) is 2.37. The molecule has 0 atom stereocenters. The van der Waals surface area contributed by atoms with Crippen LogP contribution >= 0.6 is 0 Å². The van der Waals surface area contributed by atoms with Gasteiger partial charge in [0.25, 0.3) is 0 Å². The van der Waals surface area contributed by atoms with Crippen LogP contribution in [0.25, 0.3) is 11.3 Å². The fraction of sp³-hybridized carbons (Fsp3) is 0.400. The zero-order chi connectivity index (χ0) is 13.3. The van der Waals surface area contributed by atoms with Crippen LogP contribution in [0.5, 0.6) is 0 Å². The topological polar surface area (TPSA) is 43.8 Å². The molecule has 2 rings (SSSR count). The molecule has 0 radical (unpaired) electrons. The van der Waals surface area contributed by atoms with E-state index in [0.29, 0.717) is 0 Å². The van der Waals surface area contributed by atoms with Crippen molar-refractivity contribution in [3.8, 4) is 11.3 Å². The fourth-order valence-corrected chi connectivity index (χ4v) is 2.37. The number of hydrogen-bond acceptors (Lipinski definition) is 2. The Labute approximate surface area is 109 Å². The highest BCUT2D eigenvalue weighted by atomic mass is 15.3. The molecule has 0 aliphatic rings. The highest BCUT2D eigenvalue weighted by Gasteiger charge is 2.16. The van der Waals surface area contributed by atoms with Crippen molar-refractivity contribution < 1.29 is 0 Å². The lowest BCUT2D eigenvalue weighted by Gasteiger charge is -2.06. The number of aryl methyl sites for hydroxylation is 3. The van der Waals surface area contributed by atoms with Crippen LogP contribution in [0.15, 0.2) is 18.2 Å². The summed E-state index contributed by atoms with van der Waals surface area (Å²) in [4.78, 5) is 0.